The zero-order valence-corrected chi connectivity index (χ0v) is 14.0. The molecule has 1 aromatic rings. The summed E-state index contributed by atoms with van der Waals surface area (Å²) in [6, 6.07) is 5.53. The normalized spacial score (nSPS) is 17.2. The minimum absolute atomic E-state index is 0.276. The molecule has 1 aliphatic rings. The molecule has 2 N–H and O–H groups in total. The van der Waals surface area contributed by atoms with E-state index in [1.54, 1.807) is 45.0 Å². The molecule has 1 heterocycles. The van der Waals surface area contributed by atoms with E-state index in [1.807, 2.05) is 0 Å². The molecule has 0 saturated carbocycles. The highest BCUT2D eigenvalue weighted by Gasteiger charge is 2.32. The quantitative estimate of drug-likeness (QED) is 0.651. The molecule has 0 saturated heterocycles. The zero-order valence-electron chi connectivity index (χ0n) is 14.0. The lowest BCUT2D eigenvalue weighted by Gasteiger charge is -2.28. The lowest BCUT2D eigenvalue weighted by atomic mass is 9.95. The SMILES string of the molecule is CC(=O)Oc1ccc(C2NC(=O)NC(C)=C2C(=O)OC(C)C)cc1. The fraction of sp³-hybridized carbons (Fsp3) is 0.353. The Labute approximate surface area is 140 Å². The summed E-state index contributed by atoms with van der Waals surface area (Å²) < 4.78 is 10.2. The second-order valence-corrected chi connectivity index (χ2v) is 5.69. The zero-order chi connectivity index (χ0) is 17.9. The highest BCUT2D eigenvalue weighted by molar-refractivity contribution is 5.95. The van der Waals surface area contributed by atoms with E-state index in [0.717, 1.165) is 0 Å². The monoisotopic (exact) mass is 332 g/mol. The molecule has 0 radical (unpaired) electrons. The number of allylic oxidation sites excluding steroid dienone is 1. The molecule has 1 unspecified atom stereocenters. The summed E-state index contributed by atoms with van der Waals surface area (Å²) in [5.74, 6) is -0.530. The molecule has 7 nitrogen and oxygen atoms in total. The summed E-state index contributed by atoms with van der Waals surface area (Å²) in [4.78, 5) is 35.1. The highest BCUT2D eigenvalue weighted by atomic mass is 16.5. The Morgan fingerprint density at radius 1 is 1.17 bits per heavy atom. The van der Waals surface area contributed by atoms with Crippen molar-refractivity contribution in [1.29, 1.82) is 0 Å². The highest BCUT2D eigenvalue weighted by Crippen LogP contribution is 2.29. The number of rotatable bonds is 4. The largest absolute Gasteiger partial charge is 0.459 e. The molecule has 1 aromatic carbocycles. The van der Waals surface area contributed by atoms with Crippen molar-refractivity contribution in [2.75, 3.05) is 0 Å². The first-order valence-corrected chi connectivity index (χ1v) is 7.55. The van der Waals surface area contributed by atoms with Gasteiger partial charge in [0.2, 0.25) is 0 Å². The van der Waals surface area contributed by atoms with Crippen molar-refractivity contribution in [3.63, 3.8) is 0 Å². The summed E-state index contributed by atoms with van der Waals surface area (Å²) >= 11 is 0. The van der Waals surface area contributed by atoms with Gasteiger partial charge in [0.25, 0.3) is 0 Å². The third-order valence-corrected chi connectivity index (χ3v) is 3.31. The molecule has 0 fully saturated rings. The van der Waals surface area contributed by atoms with Crippen molar-refractivity contribution < 1.29 is 23.9 Å². The fourth-order valence-electron chi connectivity index (χ4n) is 2.39. The average molecular weight is 332 g/mol. The summed E-state index contributed by atoms with van der Waals surface area (Å²) in [5, 5.41) is 5.29. The number of hydrogen-bond donors (Lipinski definition) is 2. The second-order valence-electron chi connectivity index (χ2n) is 5.69. The summed E-state index contributed by atoms with van der Waals surface area (Å²) in [7, 11) is 0. The van der Waals surface area contributed by atoms with Crippen LogP contribution in [0.3, 0.4) is 0 Å². The first kappa shape index (κ1) is 17.5. The standard InChI is InChI=1S/C17H20N2O5/c1-9(2)23-16(21)14-10(3)18-17(22)19-15(14)12-5-7-13(8-6-12)24-11(4)20/h5-9,15H,1-4H3,(H2,18,19,22). The van der Waals surface area contributed by atoms with Crippen LogP contribution in [0.1, 0.15) is 39.3 Å². The number of esters is 2. The van der Waals surface area contributed by atoms with Gasteiger partial charge in [0.15, 0.2) is 0 Å². The minimum atomic E-state index is -0.642. The topological polar surface area (TPSA) is 93.7 Å². The summed E-state index contributed by atoms with van der Waals surface area (Å²) in [5.41, 5.74) is 1.46. The predicted octanol–water partition coefficient (Wildman–Crippen LogP) is 2.19. The molecule has 1 aliphatic heterocycles. The average Bonchev–Trinajstić information content (AvgIpc) is 2.45. The van der Waals surface area contributed by atoms with Crippen LogP contribution in [-0.2, 0) is 14.3 Å². The van der Waals surface area contributed by atoms with Gasteiger partial charge >= 0.3 is 18.0 Å². The van der Waals surface area contributed by atoms with E-state index in [1.165, 1.54) is 6.92 Å². The molecule has 0 aromatic heterocycles. The van der Waals surface area contributed by atoms with E-state index < -0.39 is 24.0 Å². The molecular weight excluding hydrogens is 312 g/mol. The van der Waals surface area contributed by atoms with Gasteiger partial charge < -0.3 is 20.1 Å². The van der Waals surface area contributed by atoms with E-state index in [4.69, 9.17) is 9.47 Å². The van der Waals surface area contributed by atoms with Gasteiger partial charge in [0, 0.05) is 12.6 Å². The lowest BCUT2D eigenvalue weighted by Crippen LogP contribution is -2.45. The van der Waals surface area contributed by atoms with Gasteiger partial charge in [-0.05, 0) is 38.5 Å². The molecule has 0 aliphatic carbocycles. The van der Waals surface area contributed by atoms with Crippen LogP contribution in [0.15, 0.2) is 35.5 Å². The van der Waals surface area contributed by atoms with Crippen LogP contribution in [0, 0.1) is 0 Å². The van der Waals surface area contributed by atoms with Crippen LogP contribution in [0.25, 0.3) is 0 Å². The van der Waals surface area contributed by atoms with Crippen molar-refractivity contribution in [3.8, 4) is 5.75 Å². The van der Waals surface area contributed by atoms with E-state index in [9.17, 15) is 14.4 Å². The Kier molecular flexibility index (Phi) is 5.23. The molecule has 0 bridgehead atoms. The maximum Gasteiger partial charge on any atom is 0.338 e. The van der Waals surface area contributed by atoms with Crippen molar-refractivity contribution in [2.45, 2.75) is 39.8 Å². The molecule has 0 spiro atoms. The van der Waals surface area contributed by atoms with Crippen LogP contribution in [0.4, 0.5) is 4.79 Å². The Morgan fingerprint density at radius 2 is 1.79 bits per heavy atom. The van der Waals surface area contributed by atoms with Gasteiger partial charge in [-0.3, -0.25) is 4.79 Å². The van der Waals surface area contributed by atoms with Crippen LogP contribution < -0.4 is 15.4 Å². The Bertz CT molecular complexity index is 691. The Balaban J connectivity index is 2.34. The van der Waals surface area contributed by atoms with E-state index in [0.29, 0.717) is 22.6 Å². The van der Waals surface area contributed by atoms with E-state index in [2.05, 4.69) is 10.6 Å². The number of amides is 2. The smallest absolute Gasteiger partial charge is 0.338 e. The third-order valence-electron chi connectivity index (χ3n) is 3.31. The van der Waals surface area contributed by atoms with Crippen molar-refractivity contribution in [1.82, 2.24) is 10.6 Å². The maximum absolute atomic E-state index is 12.4. The summed E-state index contributed by atoms with van der Waals surface area (Å²) in [6.45, 7) is 6.47. The first-order valence-electron chi connectivity index (χ1n) is 7.55. The molecular formula is C17H20N2O5. The number of benzene rings is 1. The van der Waals surface area contributed by atoms with Crippen LogP contribution in [0.5, 0.6) is 5.75 Å². The predicted molar refractivity (Wildman–Crippen MR) is 86.1 cm³/mol. The third kappa shape index (κ3) is 4.13. The molecule has 2 rings (SSSR count). The van der Waals surface area contributed by atoms with Gasteiger partial charge in [-0.2, -0.15) is 0 Å². The van der Waals surface area contributed by atoms with Gasteiger partial charge in [0.05, 0.1) is 17.7 Å². The van der Waals surface area contributed by atoms with Crippen LogP contribution in [0.2, 0.25) is 0 Å². The van der Waals surface area contributed by atoms with Crippen molar-refractivity contribution in [2.24, 2.45) is 0 Å². The molecule has 2 amide bonds. The molecule has 128 valence electrons. The molecule has 7 heteroatoms. The van der Waals surface area contributed by atoms with Gasteiger partial charge in [-0.15, -0.1) is 0 Å². The Morgan fingerprint density at radius 3 is 2.33 bits per heavy atom. The molecule has 1 atom stereocenters. The number of nitrogens with one attached hydrogen (secondary N) is 2. The number of urea groups is 1. The number of carbonyl (C=O) groups is 3. The maximum atomic E-state index is 12.4. The van der Waals surface area contributed by atoms with Gasteiger partial charge in [0.1, 0.15) is 5.75 Å². The number of carbonyl (C=O) groups excluding carboxylic acids is 3. The van der Waals surface area contributed by atoms with Crippen LogP contribution in [-0.4, -0.2) is 24.1 Å². The minimum Gasteiger partial charge on any atom is -0.459 e. The van der Waals surface area contributed by atoms with E-state index >= 15 is 0 Å². The second kappa shape index (κ2) is 7.16. The lowest BCUT2D eigenvalue weighted by molar-refractivity contribution is -0.143. The number of hydrogen-bond acceptors (Lipinski definition) is 5. The first-order chi connectivity index (χ1) is 11.3. The van der Waals surface area contributed by atoms with Crippen molar-refractivity contribution in [3.05, 3.63) is 41.1 Å². The van der Waals surface area contributed by atoms with Gasteiger partial charge in [-0.1, -0.05) is 12.1 Å². The number of ether oxygens (including phenoxy) is 2. The Hall–Kier alpha value is -2.83. The fourth-order valence-corrected chi connectivity index (χ4v) is 2.39. The molecule has 24 heavy (non-hydrogen) atoms. The van der Waals surface area contributed by atoms with Crippen LogP contribution >= 0.6 is 0 Å². The van der Waals surface area contributed by atoms with Gasteiger partial charge in [-0.25, -0.2) is 9.59 Å². The van der Waals surface area contributed by atoms with E-state index in [-0.39, 0.29) is 6.10 Å². The van der Waals surface area contributed by atoms with Crippen molar-refractivity contribution >= 4 is 18.0 Å². The summed E-state index contributed by atoms with van der Waals surface area (Å²) in [6.07, 6.45) is -0.276.